The van der Waals surface area contributed by atoms with Crippen LogP contribution in [-0.2, 0) is 0 Å². The van der Waals surface area contributed by atoms with Crippen molar-refractivity contribution in [1.82, 2.24) is 0 Å². The van der Waals surface area contributed by atoms with Crippen molar-refractivity contribution < 1.29 is 13.9 Å². The summed E-state index contributed by atoms with van der Waals surface area (Å²) in [6.07, 6.45) is 0. The van der Waals surface area contributed by atoms with Gasteiger partial charge in [-0.1, -0.05) is 41.4 Å². The van der Waals surface area contributed by atoms with Gasteiger partial charge < -0.3 is 4.74 Å². The number of aryl methyl sites for hydroxylation is 2. The van der Waals surface area contributed by atoms with Crippen LogP contribution in [0.15, 0.2) is 36.4 Å². The van der Waals surface area contributed by atoms with Gasteiger partial charge in [0.05, 0.1) is 5.02 Å². The van der Waals surface area contributed by atoms with E-state index >= 15 is 0 Å². The van der Waals surface area contributed by atoms with Crippen molar-refractivity contribution in [3.8, 4) is 5.75 Å². The van der Waals surface area contributed by atoms with Crippen molar-refractivity contribution in [1.29, 1.82) is 0 Å². The molecule has 0 spiro atoms. The van der Waals surface area contributed by atoms with Crippen LogP contribution in [0.1, 0.15) is 21.5 Å². The van der Waals surface area contributed by atoms with E-state index in [2.05, 4.69) is 0 Å². The third kappa shape index (κ3) is 3.17. The smallest absolute Gasteiger partial charge is 0.200 e. The third-order valence-corrected chi connectivity index (χ3v) is 3.25. The number of Topliss-reactive ketones (excluding diaryl/α,β-unsaturated/α-hetero) is 1. The second kappa shape index (κ2) is 6.06. The van der Waals surface area contributed by atoms with Gasteiger partial charge in [-0.25, -0.2) is 4.39 Å². The lowest BCUT2D eigenvalue weighted by atomic mass is 10.0. The van der Waals surface area contributed by atoms with Crippen LogP contribution in [0.25, 0.3) is 0 Å². The van der Waals surface area contributed by atoms with Gasteiger partial charge in [0.1, 0.15) is 0 Å². The number of halogens is 2. The second-order valence-corrected chi connectivity index (χ2v) is 4.99. The van der Waals surface area contributed by atoms with Gasteiger partial charge in [-0.2, -0.15) is 0 Å². The molecule has 104 valence electrons. The molecule has 0 radical (unpaired) electrons. The predicted molar refractivity (Wildman–Crippen MR) is 77.2 cm³/mol. The van der Waals surface area contributed by atoms with Crippen LogP contribution < -0.4 is 4.74 Å². The molecule has 0 aromatic heterocycles. The van der Waals surface area contributed by atoms with E-state index in [1.165, 1.54) is 12.1 Å². The summed E-state index contributed by atoms with van der Waals surface area (Å²) in [6.45, 7) is 3.60. The topological polar surface area (TPSA) is 26.3 Å². The average Bonchev–Trinajstić information content (AvgIpc) is 2.40. The van der Waals surface area contributed by atoms with E-state index < -0.39 is 5.82 Å². The number of hydrogen-bond acceptors (Lipinski definition) is 2. The zero-order valence-corrected chi connectivity index (χ0v) is 12.0. The van der Waals surface area contributed by atoms with Crippen LogP contribution in [0.5, 0.6) is 5.75 Å². The summed E-state index contributed by atoms with van der Waals surface area (Å²) < 4.78 is 18.8. The molecule has 2 rings (SSSR count). The summed E-state index contributed by atoms with van der Waals surface area (Å²) in [6, 6.07) is 9.98. The third-order valence-electron chi connectivity index (χ3n) is 2.96. The molecule has 2 aromatic rings. The molecule has 0 bridgehead atoms. The first kappa shape index (κ1) is 14.5. The number of hydrogen-bond donors (Lipinski definition) is 0. The summed E-state index contributed by atoms with van der Waals surface area (Å²) in [5.74, 6) is -0.861. The molecule has 2 nitrogen and oxygen atoms in total. The number of carbonyl (C=O) groups is 1. The first-order valence-electron chi connectivity index (χ1n) is 6.16. The van der Waals surface area contributed by atoms with Gasteiger partial charge in [0.15, 0.2) is 24.0 Å². The van der Waals surface area contributed by atoms with Crippen molar-refractivity contribution in [2.75, 3.05) is 6.61 Å². The van der Waals surface area contributed by atoms with Gasteiger partial charge in [-0.3, -0.25) is 4.79 Å². The minimum atomic E-state index is -0.650. The summed E-state index contributed by atoms with van der Waals surface area (Å²) >= 11 is 5.65. The normalized spacial score (nSPS) is 10.4. The van der Waals surface area contributed by atoms with E-state index in [9.17, 15) is 9.18 Å². The molecule has 0 amide bonds. The minimum absolute atomic E-state index is 0.0179. The van der Waals surface area contributed by atoms with Crippen LogP contribution in [0.2, 0.25) is 5.02 Å². The molecule has 0 heterocycles. The van der Waals surface area contributed by atoms with Gasteiger partial charge >= 0.3 is 0 Å². The summed E-state index contributed by atoms with van der Waals surface area (Å²) in [5, 5.41) is -0.0264. The molecule has 0 unspecified atom stereocenters. The standard InChI is InChI=1S/C16H14ClFO2/c1-10-6-7-12(11(2)8-10)14(19)9-20-15-5-3-4-13(17)16(15)18/h3-8H,9H2,1-2H3. The Morgan fingerprint density at radius 2 is 2.00 bits per heavy atom. The fourth-order valence-electron chi connectivity index (χ4n) is 1.94. The molecule has 0 saturated carbocycles. The Morgan fingerprint density at radius 3 is 2.70 bits per heavy atom. The maximum Gasteiger partial charge on any atom is 0.200 e. The highest BCUT2D eigenvalue weighted by molar-refractivity contribution is 6.30. The fourth-order valence-corrected chi connectivity index (χ4v) is 2.11. The average molecular weight is 293 g/mol. The highest BCUT2D eigenvalue weighted by Gasteiger charge is 2.12. The highest BCUT2D eigenvalue weighted by atomic mass is 35.5. The van der Waals surface area contributed by atoms with E-state index in [1.54, 1.807) is 12.1 Å². The van der Waals surface area contributed by atoms with Crippen molar-refractivity contribution in [2.45, 2.75) is 13.8 Å². The lowest BCUT2D eigenvalue weighted by molar-refractivity contribution is 0.0918. The molecule has 4 heteroatoms. The van der Waals surface area contributed by atoms with Crippen LogP contribution in [0.4, 0.5) is 4.39 Å². The van der Waals surface area contributed by atoms with Gasteiger partial charge in [-0.05, 0) is 31.5 Å². The van der Waals surface area contributed by atoms with E-state index in [0.29, 0.717) is 5.56 Å². The quantitative estimate of drug-likeness (QED) is 0.783. The highest BCUT2D eigenvalue weighted by Crippen LogP contribution is 2.24. The maximum absolute atomic E-state index is 13.6. The monoisotopic (exact) mass is 292 g/mol. The summed E-state index contributed by atoms with van der Waals surface area (Å²) in [4.78, 5) is 12.1. The van der Waals surface area contributed by atoms with Crippen LogP contribution in [-0.4, -0.2) is 12.4 Å². The molecule has 0 aliphatic carbocycles. The van der Waals surface area contributed by atoms with E-state index in [4.69, 9.17) is 16.3 Å². The first-order valence-corrected chi connectivity index (χ1v) is 6.54. The molecular weight excluding hydrogens is 279 g/mol. The SMILES string of the molecule is Cc1ccc(C(=O)COc2cccc(Cl)c2F)c(C)c1. The molecule has 0 saturated heterocycles. The van der Waals surface area contributed by atoms with Crippen LogP contribution >= 0.6 is 11.6 Å². The van der Waals surface area contributed by atoms with Crippen molar-refractivity contribution in [3.05, 3.63) is 63.9 Å². The number of ketones is 1. The fraction of sp³-hybridized carbons (Fsp3) is 0.188. The zero-order valence-electron chi connectivity index (χ0n) is 11.2. The Bertz CT molecular complexity index is 653. The molecule has 0 fully saturated rings. The molecule has 0 N–H and O–H groups in total. The maximum atomic E-state index is 13.6. The van der Waals surface area contributed by atoms with Gasteiger partial charge in [-0.15, -0.1) is 0 Å². The van der Waals surface area contributed by atoms with Gasteiger partial charge in [0.25, 0.3) is 0 Å². The summed E-state index contributed by atoms with van der Waals surface area (Å²) in [7, 11) is 0. The molecule has 20 heavy (non-hydrogen) atoms. The number of carbonyl (C=O) groups excluding carboxylic acids is 1. The van der Waals surface area contributed by atoms with E-state index in [0.717, 1.165) is 11.1 Å². The Kier molecular flexibility index (Phi) is 4.40. The van der Waals surface area contributed by atoms with Gasteiger partial charge in [0, 0.05) is 5.56 Å². The van der Waals surface area contributed by atoms with E-state index in [-0.39, 0.29) is 23.2 Å². The van der Waals surface area contributed by atoms with Crippen molar-refractivity contribution in [2.24, 2.45) is 0 Å². The zero-order chi connectivity index (χ0) is 14.7. The van der Waals surface area contributed by atoms with Crippen LogP contribution in [0, 0.1) is 19.7 Å². The minimum Gasteiger partial charge on any atom is -0.482 e. The molecule has 0 aliphatic rings. The summed E-state index contributed by atoms with van der Waals surface area (Å²) in [5.41, 5.74) is 2.55. The van der Waals surface area contributed by atoms with E-state index in [1.807, 2.05) is 26.0 Å². The largest absolute Gasteiger partial charge is 0.482 e. The Labute approximate surface area is 122 Å². The Balaban J connectivity index is 2.11. The molecule has 0 atom stereocenters. The molecule has 2 aromatic carbocycles. The van der Waals surface area contributed by atoms with Gasteiger partial charge in [0.2, 0.25) is 0 Å². The lowest BCUT2D eigenvalue weighted by Gasteiger charge is -2.09. The molecule has 0 aliphatic heterocycles. The number of benzene rings is 2. The Morgan fingerprint density at radius 1 is 1.25 bits per heavy atom. The van der Waals surface area contributed by atoms with Crippen LogP contribution in [0.3, 0.4) is 0 Å². The Hall–Kier alpha value is -1.87. The van der Waals surface area contributed by atoms with Crippen molar-refractivity contribution >= 4 is 17.4 Å². The number of ether oxygens (including phenoxy) is 1. The predicted octanol–water partition coefficient (Wildman–Crippen LogP) is 4.36. The van der Waals surface area contributed by atoms with Crippen molar-refractivity contribution in [3.63, 3.8) is 0 Å². The first-order chi connectivity index (χ1) is 9.49. The lowest BCUT2D eigenvalue weighted by Crippen LogP contribution is -2.13. The number of rotatable bonds is 4. The second-order valence-electron chi connectivity index (χ2n) is 4.58. The molecular formula is C16H14ClFO2.